The number of methoxy groups -OCH3 is 1. The van der Waals surface area contributed by atoms with E-state index in [9.17, 15) is 4.79 Å². The lowest BCUT2D eigenvalue weighted by atomic mass is 10.1. The lowest BCUT2D eigenvalue weighted by Crippen LogP contribution is -2.30. The molecular formula is C21H16ClN3O2S. The largest absolute Gasteiger partial charge is 0.497 e. The Bertz CT molecular complexity index is 1130. The number of nitrogens with zero attached hydrogens (tertiary/aromatic N) is 3. The summed E-state index contributed by atoms with van der Waals surface area (Å²) in [6.07, 6.45) is 3.45. The molecule has 0 aliphatic heterocycles. The molecular weight excluding hydrogens is 394 g/mol. The molecule has 4 rings (SSSR count). The number of thiazole rings is 1. The SMILES string of the molecule is COc1cccc(C(=O)N(Cc2cccnc2)c2nc3ccc(Cl)cc3s2)c1. The Kier molecular flexibility index (Phi) is 5.23. The number of halogens is 1. The first kappa shape index (κ1) is 18.4. The van der Waals surface area contributed by atoms with Crippen molar-refractivity contribution >= 4 is 44.2 Å². The molecule has 0 saturated heterocycles. The Morgan fingerprint density at radius 3 is 2.86 bits per heavy atom. The van der Waals surface area contributed by atoms with Crippen LogP contribution in [0.1, 0.15) is 15.9 Å². The molecule has 0 unspecified atom stereocenters. The monoisotopic (exact) mass is 409 g/mol. The molecule has 0 bridgehead atoms. The van der Waals surface area contributed by atoms with Crippen molar-refractivity contribution in [2.45, 2.75) is 6.54 Å². The predicted molar refractivity (Wildman–Crippen MR) is 112 cm³/mol. The molecule has 4 aromatic rings. The zero-order chi connectivity index (χ0) is 19.5. The summed E-state index contributed by atoms with van der Waals surface area (Å²) in [6, 6.07) is 16.4. The summed E-state index contributed by atoms with van der Waals surface area (Å²) in [7, 11) is 1.58. The van der Waals surface area contributed by atoms with Gasteiger partial charge in [-0.3, -0.25) is 14.7 Å². The van der Waals surface area contributed by atoms with Gasteiger partial charge in [0.15, 0.2) is 5.13 Å². The average Bonchev–Trinajstić information content (AvgIpc) is 3.15. The number of rotatable bonds is 5. The van der Waals surface area contributed by atoms with Crippen LogP contribution >= 0.6 is 22.9 Å². The summed E-state index contributed by atoms with van der Waals surface area (Å²) in [6.45, 7) is 0.359. The summed E-state index contributed by atoms with van der Waals surface area (Å²) in [5.74, 6) is 0.469. The highest BCUT2D eigenvalue weighted by Gasteiger charge is 2.22. The van der Waals surface area contributed by atoms with Crippen molar-refractivity contribution in [3.8, 4) is 5.75 Å². The van der Waals surface area contributed by atoms with Gasteiger partial charge in [0.05, 0.1) is 23.9 Å². The van der Waals surface area contributed by atoms with Crippen LogP contribution in [0.5, 0.6) is 5.75 Å². The Hall–Kier alpha value is -2.96. The first-order chi connectivity index (χ1) is 13.6. The second kappa shape index (κ2) is 7.96. The van der Waals surface area contributed by atoms with Crippen LogP contribution in [0.15, 0.2) is 67.0 Å². The molecule has 7 heteroatoms. The van der Waals surface area contributed by atoms with Crippen LogP contribution in [0.4, 0.5) is 5.13 Å². The minimum Gasteiger partial charge on any atom is -0.497 e. The van der Waals surface area contributed by atoms with Crippen LogP contribution in [0.3, 0.4) is 0 Å². The van der Waals surface area contributed by atoms with E-state index in [1.807, 2.05) is 30.3 Å². The van der Waals surface area contributed by atoms with Gasteiger partial charge in [-0.05, 0) is 48.0 Å². The van der Waals surface area contributed by atoms with E-state index in [1.165, 1.54) is 11.3 Å². The normalized spacial score (nSPS) is 10.8. The molecule has 2 heterocycles. The molecule has 0 spiro atoms. The van der Waals surface area contributed by atoms with Gasteiger partial charge < -0.3 is 4.74 Å². The zero-order valence-electron chi connectivity index (χ0n) is 15.0. The van der Waals surface area contributed by atoms with E-state index < -0.39 is 0 Å². The Balaban J connectivity index is 1.77. The van der Waals surface area contributed by atoms with Crippen molar-refractivity contribution in [2.75, 3.05) is 12.0 Å². The van der Waals surface area contributed by atoms with E-state index in [2.05, 4.69) is 9.97 Å². The maximum atomic E-state index is 13.4. The molecule has 28 heavy (non-hydrogen) atoms. The van der Waals surface area contributed by atoms with E-state index in [4.69, 9.17) is 16.3 Å². The average molecular weight is 410 g/mol. The van der Waals surface area contributed by atoms with Gasteiger partial charge in [0.1, 0.15) is 5.75 Å². The number of anilines is 1. The van der Waals surface area contributed by atoms with Gasteiger partial charge in [-0.2, -0.15) is 0 Å². The highest BCUT2D eigenvalue weighted by molar-refractivity contribution is 7.22. The molecule has 2 aromatic carbocycles. The fraction of sp³-hybridized carbons (Fsp3) is 0.0952. The number of carbonyl (C=O) groups is 1. The molecule has 0 saturated carbocycles. The number of ether oxygens (including phenoxy) is 1. The molecule has 5 nitrogen and oxygen atoms in total. The Morgan fingerprint density at radius 2 is 2.07 bits per heavy atom. The molecule has 0 fully saturated rings. The van der Waals surface area contributed by atoms with Gasteiger partial charge >= 0.3 is 0 Å². The minimum absolute atomic E-state index is 0.159. The van der Waals surface area contributed by atoms with Crippen LogP contribution in [-0.4, -0.2) is 23.0 Å². The molecule has 0 N–H and O–H groups in total. The summed E-state index contributed by atoms with van der Waals surface area (Å²) in [4.78, 5) is 23.8. The van der Waals surface area contributed by atoms with Gasteiger partial charge in [-0.25, -0.2) is 4.98 Å². The van der Waals surface area contributed by atoms with E-state index >= 15 is 0 Å². The number of hydrogen-bond acceptors (Lipinski definition) is 5. The highest BCUT2D eigenvalue weighted by Crippen LogP contribution is 2.32. The molecule has 1 amide bonds. The van der Waals surface area contributed by atoms with Gasteiger partial charge in [0.25, 0.3) is 5.91 Å². The van der Waals surface area contributed by atoms with Crippen molar-refractivity contribution in [3.05, 3.63) is 83.1 Å². The van der Waals surface area contributed by atoms with Crippen LogP contribution in [0.2, 0.25) is 5.02 Å². The summed E-state index contributed by atoms with van der Waals surface area (Å²) in [5.41, 5.74) is 2.25. The van der Waals surface area contributed by atoms with Crippen LogP contribution < -0.4 is 9.64 Å². The van der Waals surface area contributed by atoms with Crippen molar-refractivity contribution in [3.63, 3.8) is 0 Å². The smallest absolute Gasteiger partial charge is 0.260 e. The van der Waals surface area contributed by atoms with Gasteiger partial charge in [0, 0.05) is 23.0 Å². The lowest BCUT2D eigenvalue weighted by Gasteiger charge is -2.20. The Labute approximate surface area is 171 Å². The van der Waals surface area contributed by atoms with Crippen LogP contribution in [0.25, 0.3) is 10.2 Å². The van der Waals surface area contributed by atoms with E-state index in [0.29, 0.717) is 28.0 Å². The first-order valence-electron chi connectivity index (χ1n) is 8.55. The molecule has 140 valence electrons. The highest BCUT2D eigenvalue weighted by atomic mass is 35.5. The third-order valence-corrected chi connectivity index (χ3v) is 5.47. The number of hydrogen-bond donors (Lipinski definition) is 0. The molecule has 0 atom stereocenters. The van der Waals surface area contributed by atoms with Crippen molar-refractivity contribution in [1.29, 1.82) is 0 Å². The predicted octanol–water partition coefficient (Wildman–Crippen LogP) is 5.20. The van der Waals surface area contributed by atoms with E-state index in [1.54, 1.807) is 48.7 Å². The van der Waals surface area contributed by atoms with Crippen LogP contribution in [0, 0.1) is 0 Å². The molecule has 0 radical (unpaired) electrons. The van der Waals surface area contributed by atoms with Gasteiger partial charge in [-0.1, -0.05) is 35.1 Å². The number of amides is 1. The number of benzene rings is 2. The topological polar surface area (TPSA) is 55.3 Å². The number of aromatic nitrogens is 2. The van der Waals surface area contributed by atoms with E-state index in [0.717, 1.165) is 15.8 Å². The number of carbonyl (C=O) groups excluding carboxylic acids is 1. The maximum absolute atomic E-state index is 13.4. The van der Waals surface area contributed by atoms with Crippen molar-refractivity contribution < 1.29 is 9.53 Å². The van der Waals surface area contributed by atoms with Gasteiger partial charge in [0.2, 0.25) is 0 Å². The van der Waals surface area contributed by atoms with Crippen molar-refractivity contribution in [1.82, 2.24) is 9.97 Å². The molecule has 0 aliphatic rings. The van der Waals surface area contributed by atoms with Crippen LogP contribution in [-0.2, 0) is 6.54 Å². The lowest BCUT2D eigenvalue weighted by molar-refractivity contribution is 0.0985. The minimum atomic E-state index is -0.159. The molecule has 0 aliphatic carbocycles. The van der Waals surface area contributed by atoms with Gasteiger partial charge in [-0.15, -0.1) is 0 Å². The van der Waals surface area contributed by atoms with E-state index in [-0.39, 0.29) is 5.91 Å². The zero-order valence-corrected chi connectivity index (χ0v) is 16.6. The number of pyridine rings is 1. The first-order valence-corrected chi connectivity index (χ1v) is 9.74. The second-order valence-corrected chi connectivity index (χ2v) is 7.54. The second-order valence-electron chi connectivity index (χ2n) is 6.09. The Morgan fingerprint density at radius 1 is 1.18 bits per heavy atom. The fourth-order valence-electron chi connectivity index (χ4n) is 2.81. The molecule has 2 aromatic heterocycles. The third-order valence-electron chi connectivity index (χ3n) is 4.20. The summed E-state index contributed by atoms with van der Waals surface area (Å²) in [5, 5.41) is 1.24. The number of fused-ring (bicyclic) bond motifs is 1. The standard InChI is InChI=1S/C21H16ClN3O2S/c1-27-17-6-2-5-15(10-17)20(26)25(13-14-4-3-9-23-12-14)21-24-18-8-7-16(22)11-19(18)28-21/h2-12H,13H2,1H3. The van der Waals surface area contributed by atoms with Crippen molar-refractivity contribution in [2.24, 2.45) is 0 Å². The summed E-state index contributed by atoms with van der Waals surface area (Å²) < 4.78 is 6.19. The fourth-order valence-corrected chi connectivity index (χ4v) is 4.05. The third kappa shape index (κ3) is 3.83. The quantitative estimate of drug-likeness (QED) is 0.454. The maximum Gasteiger partial charge on any atom is 0.260 e. The summed E-state index contributed by atoms with van der Waals surface area (Å²) >= 11 is 7.53.